The molecule has 3 heteroatoms. The largest absolute Gasteiger partial charge is 0.313 e. The van der Waals surface area contributed by atoms with Gasteiger partial charge in [0.15, 0.2) is 0 Å². The van der Waals surface area contributed by atoms with Crippen LogP contribution >= 0.6 is 0 Å². The van der Waals surface area contributed by atoms with Crippen molar-refractivity contribution in [1.29, 1.82) is 0 Å². The first-order valence-electron chi connectivity index (χ1n) is 7.91. The molecule has 1 rings (SSSR count). The summed E-state index contributed by atoms with van der Waals surface area (Å²) in [7, 11) is -0.888. The van der Waals surface area contributed by atoms with Gasteiger partial charge in [0.1, 0.15) is 0 Å². The second-order valence-electron chi connectivity index (χ2n) is 5.45. The maximum atomic E-state index is 12.1. The monoisotopic (exact) mass is 295 g/mol. The molecule has 0 amide bonds. The number of hydrogen-bond acceptors (Lipinski definition) is 2. The van der Waals surface area contributed by atoms with Crippen LogP contribution in [0.25, 0.3) is 0 Å². The van der Waals surface area contributed by atoms with Crippen molar-refractivity contribution in [3.63, 3.8) is 0 Å². The van der Waals surface area contributed by atoms with E-state index in [1.165, 1.54) is 38.5 Å². The highest BCUT2D eigenvalue weighted by molar-refractivity contribution is 7.85. The van der Waals surface area contributed by atoms with Crippen LogP contribution in [0, 0.1) is 0 Å². The molecule has 0 heterocycles. The van der Waals surface area contributed by atoms with Crippen molar-refractivity contribution in [3.05, 3.63) is 30.3 Å². The number of rotatable bonds is 11. The maximum Gasteiger partial charge on any atom is 0.0545 e. The van der Waals surface area contributed by atoms with Crippen molar-refractivity contribution >= 4 is 10.8 Å². The summed E-state index contributed by atoms with van der Waals surface area (Å²) in [5, 5.41) is 3.48. The highest BCUT2D eigenvalue weighted by Gasteiger charge is 2.08. The summed E-state index contributed by atoms with van der Waals surface area (Å²) in [5.41, 5.74) is 0. The zero-order chi connectivity index (χ0) is 14.6. The van der Waals surface area contributed by atoms with E-state index in [4.69, 9.17) is 0 Å². The number of hydrogen-bond donors (Lipinski definition) is 1. The van der Waals surface area contributed by atoms with E-state index in [0.717, 1.165) is 11.4 Å². The van der Waals surface area contributed by atoms with Gasteiger partial charge in [0.2, 0.25) is 0 Å². The first-order valence-corrected chi connectivity index (χ1v) is 9.22. The molecule has 1 aromatic rings. The van der Waals surface area contributed by atoms with Gasteiger partial charge < -0.3 is 5.32 Å². The van der Waals surface area contributed by atoms with Crippen LogP contribution < -0.4 is 5.32 Å². The smallest absolute Gasteiger partial charge is 0.0545 e. The summed E-state index contributed by atoms with van der Waals surface area (Å²) in [6, 6.07) is 10.0. The minimum absolute atomic E-state index is 0.312. The van der Waals surface area contributed by atoms with Crippen molar-refractivity contribution in [2.24, 2.45) is 0 Å². The van der Waals surface area contributed by atoms with Crippen LogP contribution in [0.3, 0.4) is 0 Å². The summed E-state index contributed by atoms with van der Waals surface area (Å²) in [4.78, 5) is 0.931. The van der Waals surface area contributed by atoms with Crippen molar-refractivity contribution in [2.45, 2.75) is 63.3 Å². The molecule has 0 aliphatic rings. The van der Waals surface area contributed by atoms with Gasteiger partial charge in [-0.3, -0.25) is 4.21 Å². The first-order chi connectivity index (χ1) is 9.74. The van der Waals surface area contributed by atoms with Gasteiger partial charge in [0, 0.05) is 16.7 Å². The van der Waals surface area contributed by atoms with Crippen LogP contribution in [0.15, 0.2) is 35.2 Å². The quantitative estimate of drug-likeness (QED) is 0.622. The molecule has 0 unspecified atom stereocenters. The predicted octanol–water partition coefficient (Wildman–Crippen LogP) is 4.13. The summed E-state index contributed by atoms with van der Waals surface area (Å²) in [6.07, 6.45) is 7.91. The topological polar surface area (TPSA) is 29.1 Å². The van der Waals surface area contributed by atoms with Crippen LogP contribution in [-0.2, 0) is 10.8 Å². The van der Waals surface area contributed by atoms with Crippen molar-refractivity contribution in [3.8, 4) is 0 Å². The SMILES string of the molecule is CCCCCCCCN[C@H](C)C[S@](=O)c1ccccc1. The molecule has 0 aliphatic heterocycles. The van der Waals surface area contributed by atoms with Gasteiger partial charge in [0.25, 0.3) is 0 Å². The van der Waals surface area contributed by atoms with Crippen LogP contribution in [-0.4, -0.2) is 22.5 Å². The molecule has 0 radical (unpaired) electrons. The third-order valence-corrected chi connectivity index (χ3v) is 5.03. The normalized spacial score (nSPS) is 14.1. The lowest BCUT2D eigenvalue weighted by atomic mass is 10.1. The lowest BCUT2D eigenvalue weighted by Gasteiger charge is -2.13. The third kappa shape index (κ3) is 7.81. The second-order valence-corrected chi connectivity index (χ2v) is 6.94. The van der Waals surface area contributed by atoms with Crippen LogP contribution in [0.5, 0.6) is 0 Å². The number of nitrogens with one attached hydrogen (secondary N) is 1. The Morgan fingerprint density at radius 1 is 1.05 bits per heavy atom. The average molecular weight is 295 g/mol. The minimum Gasteiger partial charge on any atom is -0.313 e. The fourth-order valence-corrected chi connectivity index (χ4v) is 3.43. The molecule has 0 aromatic heterocycles. The van der Waals surface area contributed by atoms with Gasteiger partial charge in [-0.25, -0.2) is 0 Å². The molecule has 1 N–H and O–H groups in total. The highest BCUT2D eigenvalue weighted by Crippen LogP contribution is 2.07. The lowest BCUT2D eigenvalue weighted by molar-refractivity contribution is 0.536. The number of unbranched alkanes of at least 4 members (excludes halogenated alkanes) is 5. The molecular formula is C17H29NOS. The van der Waals surface area contributed by atoms with Gasteiger partial charge in [-0.2, -0.15) is 0 Å². The molecule has 0 spiro atoms. The Balaban J connectivity index is 2.08. The molecule has 114 valence electrons. The number of benzene rings is 1. The van der Waals surface area contributed by atoms with Crippen LogP contribution in [0.4, 0.5) is 0 Å². The summed E-state index contributed by atoms with van der Waals surface area (Å²) < 4.78 is 12.1. The molecule has 20 heavy (non-hydrogen) atoms. The Labute approximate surface area is 126 Å². The van der Waals surface area contributed by atoms with E-state index < -0.39 is 10.8 Å². The predicted molar refractivity (Wildman–Crippen MR) is 88.6 cm³/mol. The van der Waals surface area contributed by atoms with Gasteiger partial charge >= 0.3 is 0 Å². The molecule has 0 bridgehead atoms. The molecule has 0 saturated carbocycles. The third-order valence-electron chi connectivity index (χ3n) is 3.43. The zero-order valence-corrected chi connectivity index (χ0v) is 13.8. The molecule has 2 atom stereocenters. The lowest BCUT2D eigenvalue weighted by Crippen LogP contribution is -2.32. The fourth-order valence-electron chi connectivity index (χ4n) is 2.21. The van der Waals surface area contributed by atoms with Crippen molar-refractivity contribution in [2.75, 3.05) is 12.3 Å². The van der Waals surface area contributed by atoms with E-state index in [-0.39, 0.29) is 0 Å². The van der Waals surface area contributed by atoms with Crippen LogP contribution in [0.2, 0.25) is 0 Å². The van der Waals surface area contributed by atoms with E-state index in [0.29, 0.717) is 11.8 Å². The summed E-state index contributed by atoms with van der Waals surface area (Å²) in [5.74, 6) is 0.694. The van der Waals surface area contributed by atoms with Crippen LogP contribution in [0.1, 0.15) is 52.4 Å². The molecule has 0 aliphatic carbocycles. The van der Waals surface area contributed by atoms with Gasteiger partial charge in [-0.1, -0.05) is 57.2 Å². The maximum absolute atomic E-state index is 12.1. The summed E-state index contributed by atoms with van der Waals surface area (Å²) in [6.45, 7) is 5.41. The van der Waals surface area contributed by atoms with Gasteiger partial charge in [-0.15, -0.1) is 0 Å². The Kier molecular flexibility index (Phi) is 9.60. The van der Waals surface area contributed by atoms with E-state index in [9.17, 15) is 4.21 Å². The highest BCUT2D eigenvalue weighted by atomic mass is 32.2. The standard InChI is InChI=1S/C17H29NOS/c1-3-4-5-6-7-11-14-18-16(2)15-20(19)17-12-9-8-10-13-17/h8-10,12-13,16,18H,3-7,11,14-15H2,1-2H3/t16-,20+/m1/s1. The van der Waals surface area contributed by atoms with E-state index in [2.05, 4.69) is 19.2 Å². The molecule has 1 aromatic carbocycles. The molecular weight excluding hydrogens is 266 g/mol. The minimum atomic E-state index is -0.888. The molecule has 0 saturated heterocycles. The Bertz CT molecular complexity index is 367. The molecule has 0 fully saturated rings. The van der Waals surface area contributed by atoms with E-state index >= 15 is 0 Å². The van der Waals surface area contributed by atoms with E-state index in [1.54, 1.807) is 0 Å². The van der Waals surface area contributed by atoms with Gasteiger partial charge in [0.05, 0.1) is 10.8 Å². The zero-order valence-electron chi connectivity index (χ0n) is 12.9. The second kappa shape index (κ2) is 11.0. The Morgan fingerprint density at radius 3 is 2.40 bits per heavy atom. The average Bonchev–Trinajstić information content (AvgIpc) is 2.47. The van der Waals surface area contributed by atoms with Crippen molar-refractivity contribution < 1.29 is 4.21 Å². The fraction of sp³-hybridized carbons (Fsp3) is 0.647. The van der Waals surface area contributed by atoms with Crippen molar-refractivity contribution in [1.82, 2.24) is 5.32 Å². The van der Waals surface area contributed by atoms with E-state index in [1.807, 2.05) is 30.3 Å². The summed E-state index contributed by atoms with van der Waals surface area (Å²) >= 11 is 0. The first kappa shape index (κ1) is 17.4. The van der Waals surface area contributed by atoms with Gasteiger partial charge in [-0.05, 0) is 32.0 Å². The molecule has 2 nitrogen and oxygen atoms in total. The Hall–Kier alpha value is -0.670. The Morgan fingerprint density at radius 2 is 1.70 bits per heavy atom.